The summed E-state index contributed by atoms with van der Waals surface area (Å²) in [6.45, 7) is 4.62. The summed E-state index contributed by atoms with van der Waals surface area (Å²) in [6.07, 6.45) is 0.864. The van der Waals surface area contributed by atoms with Gasteiger partial charge in [-0.2, -0.15) is 0 Å². The molecule has 3 heteroatoms. The Bertz CT molecular complexity index is 581. The van der Waals surface area contributed by atoms with E-state index < -0.39 is 5.82 Å². The molecule has 0 saturated heterocycles. The molecule has 1 atom stereocenters. The van der Waals surface area contributed by atoms with Gasteiger partial charge in [-0.15, -0.1) is 0 Å². The van der Waals surface area contributed by atoms with Crippen LogP contribution in [-0.4, -0.2) is 6.54 Å². The third-order valence-corrected chi connectivity index (χ3v) is 3.37. The van der Waals surface area contributed by atoms with E-state index in [2.05, 4.69) is 30.4 Å². The molecule has 0 aliphatic rings. The molecule has 20 heavy (non-hydrogen) atoms. The van der Waals surface area contributed by atoms with Gasteiger partial charge in [0.2, 0.25) is 0 Å². The third kappa shape index (κ3) is 3.87. The van der Waals surface area contributed by atoms with Crippen LogP contribution in [0.2, 0.25) is 0 Å². The molecule has 0 heterocycles. The lowest BCUT2D eigenvalue weighted by Gasteiger charge is -2.15. The molecule has 1 nitrogen and oxygen atoms in total. The van der Waals surface area contributed by atoms with Gasteiger partial charge >= 0.3 is 0 Å². The largest absolute Gasteiger partial charge is 0.310 e. The quantitative estimate of drug-likeness (QED) is 0.863. The SMILES string of the molecule is Cc1cccc(CCNC(C)c2cc(F)ccc2F)c1. The minimum atomic E-state index is -0.409. The summed E-state index contributed by atoms with van der Waals surface area (Å²) in [5.41, 5.74) is 2.84. The van der Waals surface area contributed by atoms with Gasteiger partial charge in [-0.1, -0.05) is 29.8 Å². The van der Waals surface area contributed by atoms with E-state index in [1.54, 1.807) is 0 Å². The maximum atomic E-state index is 13.6. The number of hydrogen-bond donors (Lipinski definition) is 1. The standard InChI is InChI=1S/C17H19F2N/c1-12-4-3-5-14(10-12)8-9-20-13(2)16-11-15(18)6-7-17(16)19/h3-7,10-11,13,20H,8-9H2,1-2H3. The zero-order valence-corrected chi connectivity index (χ0v) is 11.8. The van der Waals surface area contributed by atoms with Crippen LogP contribution in [0.1, 0.15) is 29.7 Å². The summed E-state index contributed by atoms with van der Waals surface area (Å²) in [5.74, 6) is -0.782. The minimum absolute atomic E-state index is 0.212. The highest BCUT2D eigenvalue weighted by Gasteiger charge is 2.11. The van der Waals surface area contributed by atoms with Crippen LogP contribution < -0.4 is 5.32 Å². The summed E-state index contributed by atoms with van der Waals surface area (Å²) in [7, 11) is 0. The first kappa shape index (κ1) is 14.7. The number of rotatable bonds is 5. The van der Waals surface area contributed by atoms with Crippen LogP contribution in [0.25, 0.3) is 0 Å². The van der Waals surface area contributed by atoms with Crippen LogP contribution in [0.15, 0.2) is 42.5 Å². The second kappa shape index (κ2) is 6.62. The first-order valence-corrected chi connectivity index (χ1v) is 6.80. The lowest BCUT2D eigenvalue weighted by molar-refractivity contribution is 0.521. The number of benzene rings is 2. The van der Waals surface area contributed by atoms with Crippen LogP contribution in [0.4, 0.5) is 8.78 Å². The van der Waals surface area contributed by atoms with Gasteiger partial charge in [0.15, 0.2) is 0 Å². The first-order valence-electron chi connectivity index (χ1n) is 6.80. The van der Waals surface area contributed by atoms with Gasteiger partial charge in [0, 0.05) is 11.6 Å². The molecule has 0 aliphatic carbocycles. The summed E-state index contributed by atoms with van der Waals surface area (Å²) < 4.78 is 26.8. The highest BCUT2D eigenvalue weighted by atomic mass is 19.1. The van der Waals surface area contributed by atoms with E-state index in [-0.39, 0.29) is 11.9 Å². The minimum Gasteiger partial charge on any atom is -0.310 e. The second-order valence-electron chi connectivity index (χ2n) is 5.08. The maximum Gasteiger partial charge on any atom is 0.128 e. The van der Waals surface area contributed by atoms with Crippen LogP contribution in [0.3, 0.4) is 0 Å². The maximum absolute atomic E-state index is 13.6. The third-order valence-electron chi connectivity index (χ3n) is 3.37. The van der Waals surface area contributed by atoms with Crippen LogP contribution >= 0.6 is 0 Å². The van der Waals surface area contributed by atoms with E-state index in [0.29, 0.717) is 5.56 Å². The van der Waals surface area contributed by atoms with Crippen molar-refractivity contribution in [3.63, 3.8) is 0 Å². The molecule has 1 unspecified atom stereocenters. The average molecular weight is 275 g/mol. The van der Waals surface area contributed by atoms with Crippen molar-refractivity contribution in [1.82, 2.24) is 5.32 Å². The lowest BCUT2D eigenvalue weighted by Crippen LogP contribution is -2.22. The second-order valence-corrected chi connectivity index (χ2v) is 5.08. The fraction of sp³-hybridized carbons (Fsp3) is 0.294. The van der Waals surface area contributed by atoms with E-state index in [1.807, 2.05) is 13.0 Å². The molecule has 0 spiro atoms. The molecule has 0 radical (unpaired) electrons. The first-order chi connectivity index (χ1) is 9.56. The van der Waals surface area contributed by atoms with Crippen LogP contribution in [0.5, 0.6) is 0 Å². The molecular weight excluding hydrogens is 256 g/mol. The Morgan fingerprint density at radius 1 is 1.10 bits per heavy atom. The predicted octanol–water partition coefficient (Wildman–Crippen LogP) is 4.17. The molecule has 0 amide bonds. The fourth-order valence-corrected chi connectivity index (χ4v) is 2.26. The Morgan fingerprint density at radius 2 is 1.90 bits per heavy atom. The van der Waals surface area contributed by atoms with E-state index in [4.69, 9.17) is 0 Å². The monoisotopic (exact) mass is 275 g/mol. The van der Waals surface area contributed by atoms with E-state index in [9.17, 15) is 8.78 Å². The van der Waals surface area contributed by atoms with Crippen LogP contribution in [-0.2, 0) is 6.42 Å². The summed E-state index contributed by atoms with van der Waals surface area (Å²) in [5, 5.41) is 3.23. The molecule has 0 saturated carbocycles. The molecule has 0 bridgehead atoms. The Morgan fingerprint density at radius 3 is 2.65 bits per heavy atom. The van der Waals surface area contributed by atoms with Crippen LogP contribution in [0, 0.1) is 18.6 Å². The molecular formula is C17H19F2N. The molecule has 2 aromatic carbocycles. The molecule has 0 aliphatic heterocycles. The Kier molecular flexibility index (Phi) is 4.85. The normalized spacial score (nSPS) is 12.4. The summed E-state index contributed by atoms with van der Waals surface area (Å²) in [6, 6.07) is 11.6. The van der Waals surface area contributed by atoms with Crippen molar-refractivity contribution in [3.8, 4) is 0 Å². The van der Waals surface area contributed by atoms with Gasteiger partial charge in [-0.05, 0) is 50.6 Å². The van der Waals surface area contributed by atoms with E-state index in [1.165, 1.54) is 23.3 Å². The molecule has 0 aromatic heterocycles. The highest BCUT2D eigenvalue weighted by molar-refractivity contribution is 5.23. The number of halogens is 2. The zero-order chi connectivity index (χ0) is 14.5. The van der Waals surface area contributed by atoms with Crippen molar-refractivity contribution >= 4 is 0 Å². The lowest BCUT2D eigenvalue weighted by atomic mass is 10.1. The van der Waals surface area contributed by atoms with E-state index in [0.717, 1.165) is 19.0 Å². The van der Waals surface area contributed by atoms with Crippen molar-refractivity contribution in [2.24, 2.45) is 0 Å². The van der Waals surface area contributed by atoms with Gasteiger partial charge in [0.05, 0.1) is 0 Å². The van der Waals surface area contributed by atoms with Gasteiger partial charge < -0.3 is 5.32 Å². The van der Waals surface area contributed by atoms with Gasteiger partial charge in [-0.3, -0.25) is 0 Å². The predicted molar refractivity (Wildman–Crippen MR) is 77.7 cm³/mol. The molecule has 2 rings (SSSR count). The number of aryl methyl sites for hydroxylation is 1. The Hall–Kier alpha value is -1.74. The summed E-state index contributed by atoms with van der Waals surface area (Å²) in [4.78, 5) is 0. The molecule has 0 fully saturated rings. The Balaban J connectivity index is 1.92. The van der Waals surface area contributed by atoms with Gasteiger partial charge in [0.1, 0.15) is 11.6 Å². The van der Waals surface area contributed by atoms with Gasteiger partial charge in [-0.25, -0.2) is 8.78 Å². The smallest absolute Gasteiger partial charge is 0.128 e. The fourth-order valence-electron chi connectivity index (χ4n) is 2.26. The van der Waals surface area contributed by atoms with Crippen molar-refractivity contribution in [2.45, 2.75) is 26.3 Å². The number of nitrogens with one attached hydrogen (secondary N) is 1. The average Bonchev–Trinajstić information content (AvgIpc) is 2.41. The highest BCUT2D eigenvalue weighted by Crippen LogP contribution is 2.18. The number of hydrogen-bond acceptors (Lipinski definition) is 1. The Labute approximate surface area is 118 Å². The molecule has 1 N–H and O–H groups in total. The summed E-state index contributed by atoms with van der Waals surface area (Å²) >= 11 is 0. The van der Waals surface area contributed by atoms with Gasteiger partial charge in [0.25, 0.3) is 0 Å². The van der Waals surface area contributed by atoms with Crippen molar-refractivity contribution < 1.29 is 8.78 Å². The molecule has 2 aromatic rings. The van der Waals surface area contributed by atoms with Crippen molar-refractivity contribution in [3.05, 3.63) is 70.8 Å². The van der Waals surface area contributed by atoms with E-state index >= 15 is 0 Å². The zero-order valence-electron chi connectivity index (χ0n) is 11.8. The molecule has 106 valence electrons. The topological polar surface area (TPSA) is 12.0 Å². The van der Waals surface area contributed by atoms with Crippen molar-refractivity contribution in [2.75, 3.05) is 6.54 Å². The van der Waals surface area contributed by atoms with Crippen molar-refractivity contribution in [1.29, 1.82) is 0 Å².